The summed E-state index contributed by atoms with van der Waals surface area (Å²) in [6.07, 6.45) is 4.97. The normalized spacial score (nSPS) is 28.8. The molecule has 1 aliphatic carbocycles. The van der Waals surface area contributed by atoms with Gasteiger partial charge in [-0.1, -0.05) is 19.8 Å². The van der Waals surface area contributed by atoms with Gasteiger partial charge in [-0.15, -0.1) is 0 Å². The molecule has 5 heteroatoms. The molecule has 1 saturated carbocycles. The molecule has 2 rings (SSSR count). The fraction of sp³-hybridized carbons (Fsp3) is 0.857. The average Bonchev–Trinajstić information content (AvgIpc) is 3.12. The molecule has 2 N–H and O–H groups in total. The van der Waals surface area contributed by atoms with E-state index in [9.17, 15) is 14.7 Å². The third kappa shape index (κ3) is 3.85. The van der Waals surface area contributed by atoms with Gasteiger partial charge in [0, 0.05) is 12.6 Å². The number of carbonyl (C=O) groups is 2. The van der Waals surface area contributed by atoms with Crippen LogP contribution in [0.2, 0.25) is 0 Å². The first kappa shape index (κ1) is 14.2. The zero-order valence-electron chi connectivity index (χ0n) is 11.8. The number of piperidine rings is 1. The fourth-order valence-corrected chi connectivity index (χ4v) is 2.82. The Morgan fingerprint density at radius 1 is 1.37 bits per heavy atom. The number of urea groups is 1. The van der Waals surface area contributed by atoms with Crippen LogP contribution >= 0.6 is 0 Å². The van der Waals surface area contributed by atoms with Crippen LogP contribution in [0.4, 0.5) is 4.79 Å². The Kier molecular flexibility index (Phi) is 4.32. The molecule has 3 atom stereocenters. The van der Waals surface area contributed by atoms with Gasteiger partial charge in [-0.05, 0) is 38.0 Å². The summed E-state index contributed by atoms with van der Waals surface area (Å²) < 4.78 is 0. The number of amides is 2. The van der Waals surface area contributed by atoms with Crippen LogP contribution in [0, 0.1) is 11.8 Å². The highest BCUT2D eigenvalue weighted by Gasteiger charge is 2.35. The fourth-order valence-electron chi connectivity index (χ4n) is 2.82. The third-order valence-corrected chi connectivity index (χ3v) is 4.16. The number of hydrogen-bond donors (Lipinski definition) is 2. The smallest absolute Gasteiger partial charge is 0.326 e. The van der Waals surface area contributed by atoms with E-state index < -0.39 is 12.0 Å². The average molecular weight is 268 g/mol. The monoisotopic (exact) mass is 268 g/mol. The number of aliphatic carboxylic acids is 1. The Morgan fingerprint density at radius 2 is 2.05 bits per heavy atom. The van der Waals surface area contributed by atoms with E-state index in [0.29, 0.717) is 18.9 Å². The summed E-state index contributed by atoms with van der Waals surface area (Å²) in [5, 5.41) is 12.2. The molecule has 2 amide bonds. The highest BCUT2D eigenvalue weighted by molar-refractivity contribution is 5.83. The molecule has 0 bridgehead atoms. The minimum Gasteiger partial charge on any atom is -0.480 e. The van der Waals surface area contributed by atoms with Crippen LogP contribution < -0.4 is 5.32 Å². The van der Waals surface area contributed by atoms with E-state index in [1.165, 1.54) is 17.7 Å². The molecular formula is C14H24N2O3. The van der Waals surface area contributed by atoms with Gasteiger partial charge >= 0.3 is 12.0 Å². The van der Waals surface area contributed by atoms with E-state index in [4.69, 9.17) is 0 Å². The molecule has 0 aromatic heterocycles. The summed E-state index contributed by atoms with van der Waals surface area (Å²) >= 11 is 0. The van der Waals surface area contributed by atoms with Gasteiger partial charge in [-0.25, -0.2) is 9.59 Å². The van der Waals surface area contributed by atoms with E-state index in [1.54, 1.807) is 0 Å². The number of hydrogen-bond acceptors (Lipinski definition) is 2. The zero-order valence-corrected chi connectivity index (χ0v) is 11.8. The predicted molar refractivity (Wildman–Crippen MR) is 71.9 cm³/mol. The molecule has 5 nitrogen and oxygen atoms in total. The van der Waals surface area contributed by atoms with Crippen LogP contribution in [-0.2, 0) is 4.79 Å². The Morgan fingerprint density at radius 3 is 2.63 bits per heavy atom. The minimum atomic E-state index is -0.892. The van der Waals surface area contributed by atoms with Crippen LogP contribution in [0.3, 0.4) is 0 Å². The van der Waals surface area contributed by atoms with Crippen LogP contribution in [0.1, 0.15) is 46.0 Å². The molecule has 1 saturated heterocycles. The van der Waals surface area contributed by atoms with Crippen molar-refractivity contribution in [2.45, 2.75) is 58.0 Å². The van der Waals surface area contributed by atoms with Crippen molar-refractivity contribution in [1.29, 1.82) is 0 Å². The quantitative estimate of drug-likeness (QED) is 0.820. The lowest BCUT2D eigenvalue weighted by molar-refractivity contribution is -0.143. The van der Waals surface area contributed by atoms with Gasteiger partial charge in [0.25, 0.3) is 0 Å². The zero-order chi connectivity index (χ0) is 14.0. The molecule has 19 heavy (non-hydrogen) atoms. The second-order valence-electron chi connectivity index (χ2n) is 6.21. The molecule has 0 aromatic carbocycles. The molecule has 0 spiro atoms. The molecule has 2 fully saturated rings. The second kappa shape index (κ2) is 5.80. The van der Waals surface area contributed by atoms with Crippen molar-refractivity contribution in [2.24, 2.45) is 11.8 Å². The van der Waals surface area contributed by atoms with Gasteiger partial charge in [0.2, 0.25) is 0 Å². The van der Waals surface area contributed by atoms with Crippen molar-refractivity contribution in [3.8, 4) is 0 Å². The lowest BCUT2D eigenvalue weighted by Gasteiger charge is -2.36. The van der Waals surface area contributed by atoms with E-state index in [0.717, 1.165) is 18.8 Å². The number of carboxylic acid groups (broad SMARTS) is 1. The minimum absolute atomic E-state index is 0.133. The van der Waals surface area contributed by atoms with Crippen molar-refractivity contribution < 1.29 is 14.7 Å². The highest BCUT2D eigenvalue weighted by Crippen LogP contribution is 2.33. The molecule has 0 aromatic rings. The van der Waals surface area contributed by atoms with Crippen molar-refractivity contribution in [2.75, 3.05) is 6.54 Å². The molecule has 3 unspecified atom stereocenters. The van der Waals surface area contributed by atoms with Gasteiger partial charge in [-0.2, -0.15) is 0 Å². The predicted octanol–water partition coefficient (Wildman–Crippen LogP) is 2.07. The van der Waals surface area contributed by atoms with Gasteiger partial charge in [0.15, 0.2) is 0 Å². The molecule has 1 aliphatic heterocycles. The summed E-state index contributed by atoms with van der Waals surface area (Å²) in [6.45, 7) is 4.58. The molecular weight excluding hydrogens is 244 g/mol. The first-order valence-electron chi connectivity index (χ1n) is 7.27. The van der Waals surface area contributed by atoms with E-state index >= 15 is 0 Å². The Balaban J connectivity index is 1.89. The summed E-state index contributed by atoms with van der Waals surface area (Å²) in [5.41, 5.74) is 0. The maximum Gasteiger partial charge on any atom is 0.326 e. The van der Waals surface area contributed by atoms with Crippen molar-refractivity contribution in [1.82, 2.24) is 10.2 Å². The standard InChI is InChI=1S/C14H24N2O3/c1-9-5-6-16(12(7-9)13(17)18)14(19)15-10(2)8-11-3-4-11/h9-12H,3-8H2,1-2H3,(H,15,19)(H,17,18). The van der Waals surface area contributed by atoms with Gasteiger partial charge in [-0.3, -0.25) is 0 Å². The van der Waals surface area contributed by atoms with Crippen LogP contribution in [0.15, 0.2) is 0 Å². The molecule has 0 radical (unpaired) electrons. The van der Waals surface area contributed by atoms with Gasteiger partial charge in [0.1, 0.15) is 6.04 Å². The number of rotatable bonds is 4. The number of carbonyl (C=O) groups excluding carboxylic acids is 1. The summed E-state index contributed by atoms with van der Waals surface area (Å²) in [6, 6.07) is -0.752. The first-order chi connectivity index (χ1) is 8.97. The van der Waals surface area contributed by atoms with Gasteiger partial charge in [0.05, 0.1) is 0 Å². The number of likely N-dealkylation sites (tertiary alicyclic amines) is 1. The topological polar surface area (TPSA) is 69.6 Å². The highest BCUT2D eigenvalue weighted by atomic mass is 16.4. The van der Waals surface area contributed by atoms with Gasteiger partial charge < -0.3 is 15.3 Å². The summed E-state index contributed by atoms with van der Waals surface area (Å²) in [4.78, 5) is 24.9. The maximum absolute atomic E-state index is 12.2. The lowest BCUT2D eigenvalue weighted by Crippen LogP contribution is -2.54. The van der Waals surface area contributed by atoms with Crippen LogP contribution in [0.25, 0.3) is 0 Å². The Bertz CT molecular complexity index is 355. The SMILES string of the molecule is CC1CCN(C(=O)NC(C)CC2CC2)C(C(=O)O)C1. The Labute approximate surface area is 114 Å². The van der Waals surface area contributed by atoms with Crippen LogP contribution in [0.5, 0.6) is 0 Å². The van der Waals surface area contributed by atoms with E-state index in [1.807, 2.05) is 13.8 Å². The van der Waals surface area contributed by atoms with Crippen molar-refractivity contribution >= 4 is 12.0 Å². The lowest BCUT2D eigenvalue weighted by atomic mass is 9.93. The van der Waals surface area contributed by atoms with Crippen LogP contribution in [-0.4, -0.2) is 40.6 Å². The molecule has 2 aliphatic rings. The van der Waals surface area contributed by atoms with E-state index in [2.05, 4.69) is 5.32 Å². The third-order valence-electron chi connectivity index (χ3n) is 4.16. The first-order valence-corrected chi connectivity index (χ1v) is 7.27. The number of carboxylic acids is 1. The Hall–Kier alpha value is -1.26. The summed E-state index contributed by atoms with van der Waals surface area (Å²) in [5.74, 6) is 0.234. The van der Waals surface area contributed by atoms with Crippen molar-refractivity contribution in [3.05, 3.63) is 0 Å². The van der Waals surface area contributed by atoms with E-state index in [-0.39, 0.29) is 12.1 Å². The maximum atomic E-state index is 12.2. The number of nitrogens with one attached hydrogen (secondary N) is 1. The molecule has 108 valence electrons. The van der Waals surface area contributed by atoms with Crippen molar-refractivity contribution in [3.63, 3.8) is 0 Å². The molecule has 1 heterocycles. The second-order valence-corrected chi connectivity index (χ2v) is 6.21. The summed E-state index contributed by atoms with van der Waals surface area (Å²) in [7, 11) is 0. The number of nitrogens with zero attached hydrogens (tertiary/aromatic N) is 1. The largest absolute Gasteiger partial charge is 0.480 e.